The van der Waals surface area contributed by atoms with Crippen LogP contribution in [-0.4, -0.2) is 11.1 Å². The summed E-state index contributed by atoms with van der Waals surface area (Å²) >= 11 is 0. The Morgan fingerprint density at radius 3 is 1.25 bits per heavy atom. The second-order valence-corrected chi connectivity index (χ2v) is 5.41. The van der Waals surface area contributed by atoms with Crippen molar-refractivity contribution in [3.8, 4) is 0 Å². The van der Waals surface area contributed by atoms with Crippen LogP contribution in [0.2, 0.25) is 0 Å². The van der Waals surface area contributed by atoms with Gasteiger partial charge in [-0.3, -0.25) is 0 Å². The highest BCUT2D eigenvalue weighted by molar-refractivity contribution is 5.87. The first-order valence-electron chi connectivity index (χ1n) is 7.83. The molecule has 0 spiro atoms. The normalized spacial score (nSPS) is 8.96. The summed E-state index contributed by atoms with van der Waals surface area (Å²) in [6, 6.07) is 26.9. The Labute approximate surface area is 144 Å². The Kier molecular flexibility index (Phi) is 8.62. The van der Waals surface area contributed by atoms with Gasteiger partial charge in [0, 0.05) is 0 Å². The van der Waals surface area contributed by atoms with E-state index in [1.807, 2.05) is 18.2 Å². The number of carboxylic acid groups (broad SMARTS) is 1. The van der Waals surface area contributed by atoms with Gasteiger partial charge in [0.05, 0.1) is 5.56 Å². The Morgan fingerprint density at radius 2 is 1.00 bits per heavy atom. The zero-order chi connectivity index (χ0) is 17.8. The number of aromatic carboxylic acids is 1. The summed E-state index contributed by atoms with van der Waals surface area (Å²) in [6.07, 6.45) is 0. The van der Waals surface area contributed by atoms with Gasteiger partial charge in [0.25, 0.3) is 0 Å². The molecule has 0 amide bonds. The molecule has 0 bridgehead atoms. The summed E-state index contributed by atoms with van der Waals surface area (Å²) in [5.74, 6) is -0.879. The molecule has 24 heavy (non-hydrogen) atoms. The van der Waals surface area contributed by atoms with E-state index in [1.54, 1.807) is 30.3 Å². The van der Waals surface area contributed by atoms with E-state index in [1.165, 1.54) is 16.7 Å². The first-order valence-corrected chi connectivity index (χ1v) is 7.83. The average molecular weight is 320 g/mol. The van der Waals surface area contributed by atoms with E-state index in [4.69, 9.17) is 5.11 Å². The van der Waals surface area contributed by atoms with Gasteiger partial charge in [-0.25, -0.2) is 4.79 Å². The Bertz CT molecular complexity index is 698. The van der Waals surface area contributed by atoms with Gasteiger partial charge in [0.1, 0.15) is 0 Å². The zero-order valence-electron chi connectivity index (χ0n) is 14.4. The molecule has 0 aliphatic rings. The molecule has 3 aromatic rings. The van der Waals surface area contributed by atoms with E-state index < -0.39 is 5.97 Å². The van der Waals surface area contributed by atoms with Crippen LogP contribution in [0.1, 0.15) is 27.0 Å². The van der Waals surface area contributed by atoms with Crippen molar-refractivity contribution in [1.29, 1.82) is 0 Å². The van der Waals surface area contributed by atoms with Gasteiger partial charge in [-0.1, -0.05) is 78.4 Å². The minimum atomic E-state index is -0.879. The van der Waals surface area contributed by atoms with E-state index in [2.05, 4.69) is 57.2 Å². The highest BCUT2D eigenvalue weighted by Gasteiger charge is 1.96. The number of hydrogen-bond acceptors (Lipinski definition) is 1. The molecule has 1 N–H and O–H groups in total. The standard InChI is InChI=1S/C8H10.C7H6O2.C7H8/c1-7-5-3-4-6-8(7)2;8-7(9)6-4-2-1-3-5-6;1-7-5-3-2-4-6-7/h3-6H,1-2H3;1-5H,(H,8,9);2-6H,1H3. The number of benzene rings is 3. The summed E-state index contributed by atoms with van der Waals surface area (Å²) in [5.41, 5.74) is 4.39. The van der Waals surface area contributed by atoms with Crippen LogP contribution in [0.3, 0.4) is 0 Å². The molecule has 2 heteroatoms. The van der Waals surface area contributed by atoms with E-state index in [0.717, 1.165) is 0 Å². The van der Waals surface area contributed by atoms with Gasteiger partial charge in [0.2, 0.25) is 0 Å². The van der Waals surface area contributed by atoms with E-state index in [-0.39, 0.29) is 0 Å². The number of rotatable bonds is 1. The van der Waals surface area contributed by atoms with Crippen LogP contribution in [0.5, 0.6) is 0 Å². The van der Waals surface area contributed by atoms with Crippen molar-refractivity contribution >= 4 is 5.97 Å². The third-order valence-electron chi connectivity index (χ3n) is 3.39. The SMILES string of the molecule is Cc1ccccc1.Cc1ccccc1C.O=C(O)c1ccccc1. The highest BCUT2D eigenvalue weighted by Crippen LogP contribution is 2.02. The molecule has 0 aromatic heterocycles. The average Bonchev–Trinajstić information content (AvgIpc) is 2.60. The van der Waals surface area contributed by atoms with Crippen LogP contribution in [0.15, 0.2) is 84.9 Å². The number of aryl methyl sites for hydroxylation is 3. The Hall–Kier alpha value is -2.87. The second kappa shape index (κ2) is 10.8. The van der Waals surface area contributed by atoms with Gasteiger partial charge in [-0.15, -0.1) is 0 Å². The molecule has 0 atom stereocenters. The first-order chi connectivity index (χ1) is 11.5. The fourth-order valence-electron chi connectivity index (χ4n) is 1.78. The lowest BCUT2D eigenvalue weighted by atomic mass is 10.1. The maximum absolute atomic E-state index is 10.2. The van der Waals surface area contributed by atoms with Gasteiger partial charge >= 0.3 is 5.97 Å². The van der Waals surface area contributed by atoms with Crippen molar-refractivity contribution in [2.75, 3.05) is 0 Å². The van der Waals surface area contributed by atoms with E-state index >= 15 is 0 Å². The molecule has 0 aliphatic heterocycles. The van der Waals surface area contributed by atoms with Crippen molar-refractivity contribution in [1.82, 2.24) is 0 Å². The summed E-state index contributed by atoms with van der Waals surface area (Å²) in [7, 11) is 0. The van der Waals surface area contributed by atoms with Crippen molar-refractivity contribution in [3.05, 3.63) is 107 Å². The predicted octanol–water partition coefficient (Wildman–Crippen LogP) is 5.68. The maximum Gasteiger partial charge on any atom is 0.335 e. The van der Waals surface area contributed by atoms with E-state index in [0.29, 0.717) is 5.56 Å². The molecule has 0 heterocycles. The summed E-state index contributed by atoms with van der Waals surface area (Å²) in [5, 5.41) is 8.38. The molecule has 3 rings (SSSR count). The fourth-order valence-corrected chi connectivity index (χ4v) is 1.78. The first kappa shape index (κ1) is 19.2. The van der Waals surface area contributed by atoms with Gasteiger partial charge in [-0.2, -0.15) is 0 Å². The van der Waals surface area contributed by atoms with Crippen LogP contribution < -0.4 is 0 Å². The van der Waals surface area contributed by atoms with Crippen LogP contribution in [0, 0.1) is 20.8 Å². The van der Waals surface area contributed by atoms with E-state index in [9.17, 15) is 4.79 Å². The lowest BCUT2D eigenvalue weighted by Crippen LogP contribution is -1.93. The number of carboxylic acids is 1. The summed E-state index contributed by atoms with van der Waals surface area (Å²) in [6.45, 7) is 6.32. The molecule has 2 nitrogen and oxygen atoms in total. The highest BCUT2D eigenvalue weighted by atomic mass is 16.4. The molecule has 3 aromatic carbocycles. The van der Waals surface area contributed by atoms with Gasteiger partial charge in [0.15, 0.2) is 0 Å². The van der Waals surface area contributed by atoms with Crippen LogP contribution in [0.25, 0.3) is 0 Å². The third kappa shape index (κ3) is 7.95. The Balaban J connectivity index is 0.000000181. The fraction of sp³-hybridized carbons (Fsp3) is 0.136. The molecule has 0 radical (unpaired) electrons. The minimum Gasteiger partial charge on any atom is -0.478 e. The molecular weight excluding hydrogens is 296 g/mol. The molecule has 0 fully saturated rings. The van der Waals surface area contributed by atoms with Crippen LogP contribution in [0.4, 0.5) is 0 Å². The third-order valence-corrected chi connectivity index (χ3v) is 3.39. The number of carbonyl (C=O) groups is 1. The lowest BCUT2D eigenvalue weighted by Gasteiger charge is -1.93. The van der Waals surface area contributed by atoms with Crippen molar-refractivity contribution in [2.24, 2.45) is 0 Å². The molecule has 0 saturated heterocycles. The zero-order valence-corrected chi connectivity index (χ0v) is 14.4. The van der Waals surface area contributed by atoms with Gasteiger partial charge in [-0.05, 0) is 44.0 Å². The van der Waals surface area contributed by atoms with Crippen LogP contribution in [-0.2, 0) is 0 Å². The summed E-state index contributed by atoms with van der Waals surface area (Å²) in [4.78, 5) is 10.2. The minimum absolute atomic E-state index is 0.331. The smallest absolute Gasteiger partial charge is 0.335 e. The van der Waals surface area contributed by atoms with Crippen molar-refractivity contribution < 1.29 is 9.90 Å². The summed E-state index contributed by atoms with van der Waals surface area (Å²) < 4.78 is 0. The second-order valence-electron chi connectivity index (χ2n) is 5.41. The quantitative estimate of drug-likeness (QED) is 0.626. The maximum atomic E-state index is 10.2. The van der Waals surface area contributed by atoms with Crippen LogP contribution >= 0.6 is 0 Å². The molecule has 0 saturated carbocycles. The molecule has 124 valence electrons. The van der Waals surface area contributed by atoms with Gasteiger partial charge < -0.3 is 5.11 Å². The molecule has 0 aliphatic carbocycles. The Morgan fingerprint density at radius 1 is 0.625 bits per heavy atom. The lowest BCUT2D eigenvalue weighted by molar-refractivity contribution is 0.0697. The largest absolute Gasteiger partial charge is 0.478 e. The number of hydrogen-bond donors (Lipinski definition) is 1. The molecular formula is C22H24O2. The van der Waals surface area contributed by atoms with Crippen molar-refractivity contribution in [3.63, 3.8) is 0 Å². The molecule has 0 unspecified atom stereocenters. The van der Waals surface area contributed by atoms with Crippen molar-refractivity contribution in [2.45, 2.75) is 20.8 Å². The topological polar surface area (TPSA) is 37.3 Å². The monoisotopic (exact) mass is 320 g/mol. The predicted molar refractivity (Wildman–Crippen MR) is 100 cm³/mol.